The van der Waals surface area contributed by atoms with Crippen LogP contribution < -0.4 is 24.4 Å². The number of benzene rings is 2. The van der Waals surface area contributed by atoms with Crippen molar-refractivity contribution in [3.05, 3.63) is 94.7 Å². The Balaban J connectivity index is 1.85. The van der Waals surface area contributed by atoms with E-state index in [0.29, 0.717) is 44.3 Å². The average Bonchev–Trinajstić information content (AvgIpc) is 3.26. The molecule has 41 heavy (non-hydrogen) atoms. The highest BCUT2D eigenvalue weighted by molar-refractivity contribution is 7.07. The van der Waals surface area contributed by atoms with Gasteiger partial charge in [-0.1, -0.05) is 30.7 Å². The second kappa shape index (κ2) is 13.4. The number of hydrogen-bond donors (Lipinski definition) is 0. The molecule has 2 heterocycles. The van der Waals surface area contributed by atoms with Crippen molar-refractivity contribution in [1.82, 2.24) is 4.57 Å². The number of unbranched alkanes of at least 4 members (excludes halogenated alkanes) is 1. The summed E-state index contributed by atoms with van der Waals surface area (Å²) in [4.78, 5) is 42.7. The van der Waals surface area contributed by atoms with E-state index in [1.807, 2.05) is 0 Å². The van der Waals surface area contributed by atoms with E-state index in [9.17, 15) is 19.7 Å². The van der Waals surface area contributed by atoms with Gasteiger partial charge < -0.3 is 18.9 Å². The number of aromatic nitrogens is 1. The number of nitro benzene ring substituents is 1. The largest absolute Gasteiger partial charge is 0.493 e. The molecule has 1 aromatic heterocycles. The van der Waals surface area contributed by atoms with Gasteiger partial charge >= 0.3 is 5.97 Å². The van der Waals surface area contributed by atoms with Crippen molar-refractivity contribution < 1.29 is 28.7 Å². The van der Waals surface area contributed by atoms with Crippen LogP contribution in [-0.4, -0.2) is 49.5 Å². The van der Waals surface area contributed by atoms with Crippen LogP contribution in [0.3, 0.4) is 0 Å². The van der Waals surface area contributed by atoms with E-state index in [1.165, 1.54) is 30.9 Å². The molecule has 1 aliphatic rings. The third-order valence-electron chi connectivity index (χ3n) is 6.42. The molecule has 1 aliphatic heterocycles. The Labute approximate surface area is 240 Å². The molecule has 1 unspecified atom stereocenters. The minimum Gasteiger partial charge on any atom is -0.493 e. The first-order valence-electron chi connectivity index (χ1n) is 13.0. The fourth-order valence-corrected chi connectivity index (χ4v) is 5.38. The first-order valence-corrected chi connectivity index (χ1v) is 13.8. The minimum atomic E-state index is -0.848. The van der Waals surface area contributed by atoms with E-state index in [1.54, 1.807) is 43.3 Å². The van der Waals surface area contributed by atoms with E-state index < -0.39 is 16.9 Å². The number of esters is 1. The van der Waals surface area contributed by atoms with Crippen molar-refractivity contribution in [2.45, 2.75) is 32.7 Å². The smallest absolute Gasteiger partial charge is 0.338 e. The van der Waals surface area contributed by atoms with Gasteiger partial charge in [-0.15, -0.1) is 0 Å². The zero-order valence-electron chi connectivity index (χ0n) is 23.2. The van der Waals surface area contributed by atoms with Gasteiger partial charge in [-0.3, -0.25) is 19.5 Å². The summed E-state index contributed by atoms with van der Waals surface area (Å²) in [7, 11) is 3.04. The van der Waals surface area contributed by atoms with Crippen molar-refractivity contribution in [2.75, 3.05) is 34.0 Å². The molecule has 0 amide bonds. The van der Waals surface area contributed by atoms with Gasteiger partial charge in [0.05, 0.1) is 47.1 Å². The molecule has 1 atom stereocenters. The number of allylic oxidation sites excluding steroid dienone is 1. The number of non-ortho nitro benzene ring substituents is 1. The number of hydrogen-bond acceptors (Lipinski definition) is 10. The fourth-order valence-electron chi connectivity index (χ4n) is 4.34. The average molecular weight is 582 g/mol. The maximum Gasteiger partial charge on any atom is 0.338 e. The number of nitro groups is 1. The number of thiazole rings is 1. The van der Waals surface area contributed by atoms with Gasteiger partial charge in [0.15, 0.2) is 16.3 Å². The number of nitrogens with zero attached hydrogens (tertiary/aromatic N) is 3. The van der Waals surface area contributed by atoms with Gasteiger partial charge in [0.25, 0.3) is 11.2 Å². The first-order chi connectivity index (χ1) is 19.8. The van der Waals surface area contributed by atoms with Crippen LogP contribution in [0.2, 0.25) is 0 Å². The fraction of sp³-hybridized carbons (Fsp3) is 0.345. The van der Waals surface area contributed by atoms with Crippen molar-refractivity contribution in [1.29, 1.82) is 0 Å². The van der Waals surface area contributed by atoms with Gasteiger partial charge in [0.2, 0.25) is 0 Å². The maximum atomic E-state index is 13.8. The Morgan fingerprint density at radius 3 is 2.54 bits per heavy atom. The number of carbonyl (C=O) groups excluding carboxylic acids is 1. The molecule has 12 heteroatoms. The third kappa shape index (κ3) is 6.55. The Morgan fingerprint density at radius 1 is 1.12 bits per heavy atom. The van der Waals surface area contributed by atoms with Crippen LogP contribution in [0.1, 0.15) is 43.9 Å². The van der Waals surface area contributed by atoms with Gasteiger partial charge in [0, 0.05) is 19.2 Å². The quantitative estimate of drug-likeness (QED) is 0.137. The first kappa shape index (κ1) is 29.7. The topological polar surface area (TPSA) is 131 Å². The highest BCUT2D eigenvalue weighted by atomic mass is 32.1. The molecule has 0 radical (unpaired) electrons. The summed E-state index contributed by atoms with van der Waals surface area (Å²) in [5.41, 5.74) is 1.45. The minimum absolute atomic E-state index is 0.0386. The van der Waals surface area contributed by atoms with Crippen LogP contribution in [0.4, 0.5) is 5.69 Å². The molecule has 216 valence electrons. The highest BCUT2D eigenvalue weighted by Gasteiger charge is 2.34. The lowest BCUT2D eigenvalue weighted by Crippen LogP contribution is -2.40. The highest BCUT2D eigenvalue weighted by Crippen LogP contribution is 2.36. The Morgan fingerprint density at radius 2 is 1.88 bits per heavy atom. The Hall–Kier alpha value is -4.29. The summed E-state index contributed by atoms with van der Waals surface area (Å²) in [6.45, 7) is 4.56. The number of methoxy groups -OCH3 is 2. The SMILES string of the molecule is CCCCOc1ccc(C2C(C(=O)OCCOC)=C(C)N=c3s/c(=C\c4ccc([N+](=O)[O-])cc4)c(=O)n32)cc1OC. The second-order valence-corrected chi connectivity index (χ2v) is 10.2. The zero-order chi connectivity index (χ0) is 29.5. The second-order valence-electron chi connectivity index (χ2n) is 9.17. The van der Waals surface area contributed by atoms with Crippen LogP contribution >= 0.6 is 11.3 Å². The van der Waals surface area contributed by atoms with E-state index >= 15 is 0 Å². The summed E-state index contributed by atoms with van der Waals surface area (Å²) in [5.74, 6) is 0.411. The molecular formula is C29H31N3O8S. The number of fused-ring (bicyclic) bond motifs is 1. The number of carbonyl (C=O) groups is 1. The summed E-state index contributed by atoms with van der Waals surface area (Å²) in [6.07, 6.45) is 3.51. The predicted octanol–water partition coefficient (Wildman–Crippen LogP) is 3.52. The number of ether oxygens (including phenoxy) is 4. The van der Waals surface area contributed by atoms with Gasteiger partial charge in [-0.2, -0.15) is 0 Å². The van der Waals surface area contributed by atoms with Crippen LogP contribution in [0.25, 0.3) is 6.08 Å². The monoisotopic (exact) mass is 581 g/mol. The molecule has 0 N–H and O–H groups in total. The van der Waals surface area contributed by atoms with Crippen LogP contribution in [0, 0.1) is 10.1 Å². The van der Waals surface area contributed by atoms with E-state index in [-0.39, 0.29) is 30.0 Å². The normalized spacial score (nSPS) is 14.8. The molecule has 0 spiro atoms. The Bertz CT molecular complexity index is 1640. The van der Waals surface area contributed by atoms with Gasteiger partial charge in [-0.25, -0.2) is 9.79 Å². The summed E-state index contributed by atoms with van der Waals surface area (Å²) in [6, 6.07) is 10.4. The van der Waals surface area contributed by atoms with Gasteiger partial charge in [0.1, 0.15) is 6.61 Å². The van der Waals surface area contributed by atoms with Crippen molar-refractivity contribution in [3.8, 4) is 11.5 Å². The molecule has 0 saturated carbocycles. The molecule has 0 fully saturated rings. The zero-order valence-corrected chi connectivity index (χ0v) is 24.1. The lowest BCUT2D eigenvalue weighted by atomic mass is 9.95. The van der Waals surface area contributed by atoms with E-state index in [0.717, 1.165) is 24.2 Å². The summed E-state index contributed by atoms with van der Waals surface area (Å²) >= 11 is 1.16. The molecule has 11 nitrogen and oxygen atoms in total. The summed E-state index contributed by atoms with van der Waals surface area (Å²) < 4.78 is 23.8. The molecule has 0 bridgehead atoms. The Kier molecular flexibility index (Phi) is 9.69. The lowest BCUT2D eigenvalue weighted by Gasteiger charge is -2.25. The molecule has 0 aliphatic carbocycles. The van der Waals surface area contributed by atoms with Crippen molar-refractivity contribution in [2.24, 2.45) is 4.99 Å². The standard InChI is InChI=1S/C29H31N3O8S/c1-5-6-13-39-22-12-9-20(17-23(22)38-4)26-25(28(34)40-15-14-37-3)18(2)30-29-31(26)27(33)24(41-29)16-19-7-10-21(11-8-19)32(35)36/h7-12,16-17,26H,5-6,13-15H2,1-4H3/b24-16-. The van der Waals surface area contributed by atoms with Crippen LogP contribution in [-0.2, 0) is 14.3 Å². The molecule has 2 aromatic carbocycles. The predicted molar refractivity (Wildman–Crippen MR) is 153 cm³/mol. The lowest BCUT2D eigenvalue weighted by molar-refractivity contribution is -0.384. The van der Waals surface area contributed by atoms with Crippen LogP contribution in [0.15, 0.2) is 63.5 Å². The van der Waals surface area contributed by atoms with E-state index in [2.05, 4.69) is 11.9 Å². The molecular weight excluding hydrogens is 550 g/mol. The van der Waals surface area contributed by atoms with E-state index in [4.69, 9.17) is 18.9 Å². The van der Waals surface area contributed by atoms with Crippen molar-refractivity contribution in [3.63, 3.8) is 0 Å². The molecule has 0 saturated heterocycles. The molecule has 4 rings (SSSR count). The third-order valence-corrected chi connectivity index (χ3v) is 7.41. The number of rotatable bonds is 12. The van der Waals surface area contributed by atoms with Crippen LogP contribution in [0.5, 0.6) is 11.5 Å². The van der Waals surface area contributed by atoms with Gasteiger partial charge in [-0.05, 0) is 54.8 Å². The summed E-state index contributed by atoms with van der Waals surface area (Å²) in [5, 5.41) is 11.0. The molecule has 3 aromatic rings. The maximum absolute atomic E-state index is 13.8. The van der Waals surface area contributed by atoms with Crippen molar-refractivity contribution >= 4 is 29.1 Å².